The summed E-state index contributed by atoms with van der Waals surface area (Å²) in [6.45, 7) is 7.69. The minimum atomic E-state index is 0.0806. The van der Waals surface area contributed by atoms with Crippen LogP contribution in [0.25, 0.3) is 0 Å². The van der Waals surface area contributed by atoms with E-state index < -0.39 is 0 Å². The molecule has 0 amide bonds. The summed E-state index contributed by atoms with van der Waals surface area (Å²) in [5.41, 5.74) is 8.18. The Hall–Kier alpha value is -1.55. The molecule has 94 valence electrons. The largest absolute Gasteiger partial charge is 0.491 e. The molecule has 1 rings (SSSR count). The van der Waals surface area contributed by atoms with E-state index in [0.29, 0.717) is 19.8 Å². The average Bonchev–Trinajstić information content (AvgIpc) is 2.26. The molecule has 0 unspecified atom stereocenters. The van der Waals surface area contributed by atoms with Crippen LogP contribution in [-0.4, -0.2) is 25.7 Å². The number of hydrogen-bond donors (Lipinski definition) is 2. The Labute approximate surface area is 102 Å². The van der Waals surface area contributed by atoms with E-state index in [0.717, 1.165) is 22.4 Å². The monoisotopic (exact) mass is 236 g/mol. The third-order valence-corrected chi connectivity index (χ3v) is 2.45. The molecule has 1 aromatic carbocycles. The smallest absolute Gasteiger partial charge is 0.125 e. The van der Waals surface area contributed by atoms with E-state index in [1.54, 1.807) is 0 Å². The van der Waals surface area contributed by atoms with Gasteiger partial charge in [0.1, 0.15) is 18.2 Å². The number of benzene rings is 1. The number of ether oxygens (including phenoxy) is 2. The van der Waals surface area contributed by atoms with Gasteiger partial charge in [-0.3, -0.25) is 5.41 Å². The Morgan fingerprint density at radius 3 is 2.29 bits per heavy atom. The van der Waals surface area contributed by atoms with Crippen molar-refractivity contribution in [2.24, 2.45) is 5.73 Å². The van der Waals surface area contributed by atoms with E-state index in [9.17, 15) is 0 Å². The highest BCUT2D eigenvalue weighted by Crippen LogP contribution is 2.24. The molecule has 0 saturated carbocycles. The van der Waals surface area contributed by atoms with Gasteiger partial charge in [-0.05, 0) is 44.0 Å². The first-order valence-electron chi connectivity index (χ1n) is 5.72. The second-order valence-corrected chi connectivity index (χ2v) is 3.90. The molecule has 0 aliphatic heterocycles. The van der Waals surface area contributed by atoms with Crippen LogP contribution in [0.1, 0.15) is 23.6 Å². The summed E-state index contributed by atoms with van der Waals surface area (Å²) >= 11 is 0. The molecule has 17 heavy (non-hydrogen) atoms. The van der Waals surface area contributed by atoms with Crippen LogP contribution in [-0.2, 0) is 4.74 Å². The number of aryl methyl sites for hydroxylation is 2. The van der Waals surface area contributed by atoms with E-state index in [-0.39, 0.29) is 5.84 Å². The van der Waals surface area contributed by atoms with Crippen LogP contribution in [0.2, 0.25) is 0 Å². The van der Waals surface area contributed by atoms with E-state index in [4.69, 9.17) is 20.6 Å². The normalized spacial score (nSPS) is 10.3. The van der Waals surface area contributed by atoms with Crippen molar-refractivity contribution in [1.29, 1.82) is 5.41 Å². The lowest BCUT2D eigenvalue weighted by atomic mass is 10.1. The van der Waals surface area contributed by atoms with Crippen LogP contribution in [0.4, 0.5) is 0 Å². The highest BCUT2D eigenvalue weighted by atomic mass is 16.5. The first-order chi connectivity index (χ1) is 8.06. The predicted octanol–water partition coefficient (Wildman–Crippen LogP) is 2.00. The molecule has 0 atom stereocenters. The van der Waals surface area contributed by atoms with Gasteiger partial charge in [0, 0.05) is 12.2 Å². The number of hydrogen-bond acceptors (Lipinski definition) is 3. The zero-order valence-electron chi connectivity index (χ0n) is 10.7. The van der Waals surface area contributed by atoms with Crippen LogP contribution in [0.3, 0.4) is 0 Å². The molecular formula is C13H20N2O2. The molecular weight excluding hydrogens is 216 g/mol. The van der Waals surface area contributed by atoms with Crippen molar-refractivity contribution in [3.8, 4) is 5.75 Å². The zero-order valence-corrected chi connectivity index (χ0v) is 10.7. The van der Waals surface area contributed by atoms with Crippen molar-refractivity contribution in [2.45, 2.75) is 20.8 Å². The molecule has 0 bridgehead atoms. The number of rotatable bonds is 6. The predicted molar refractivity (Wildman–Crippen MR) is 68.9 cm³/mol. The van der Waals surface area contributed by atoms with Gasteiger partial charge in [0.05, 0.1) is 6.61 Å². The number of nitrogens with one attached hydrogen (secondary N) is 1. The van der Waals surface area contributed by atoms with Gasteiger partial charge in [-0.15, -0.1) is 0 Å². The van der Waals surface area contributed by atoms with Crippen molar-refractivity contribution >= 4 is 5.84 Å². The van der Waals surface area contributed by atoms with Gasteiger partial charge in [0.15, 0.2) is 0 Å². The summed E-state index contributed by atoms with van der Waals surface area (Å²) in [7, 11) is 0. The topological polar surface area (TPSA) is 68.3 Å². The Kier molecular flexibility index (Phi) is 4.97. The second-order valence-electron chi connectivity index (χ2n) is 3.90. The van der Waals surface area contributed by atoms with Crippen molar-refractivity contribution in [3.05, 3.63) is 28.8 Å². The van der Waals surface area contributed by atoms with E-state index >= 15 is 0 Å². The molecule has 0 saturated heterocycles. The van der Waals surface area contributed by atoms with Gasteiger partial charge in [0.25, 0.3) is 0 Å². The van der Waals surface area contributed by atoms with Gasteiger partial charge >= 0.3 is 0 Å². The minimum absolute atomic E-state index is 0.0806. The molecule has 0 aliphatic rings. The van der Waals surface area contributed by atoms with Crippen LogP contribution in [0.5, 0.6) is 5.75 Å². The van der Waals surface area contributed by atoms with Crippen molar-refractivity contribution < 1.29 is 9.47 Å². The maximum atomic E-state index is 7.41. The van der Waals surface area contributed by atoms with Crippen LogP contribution in [0.15, 0.2) is 12.1 Å². The first kappa shape index (κ1) is 13.5. The van der Waals surface area contributed by atoms with Gasteiger partial charge in [0.2, 0.25) is 0 Å². The molecule has 0 fully saturated rings. The molecule has 0 spiro atoms. The summed E-state index contributed by atoms with van der Waals surface area (Å²) in [4.78, 5) is 0. The lowest BCUT2D eigenvalue weighted by Crippen LogP contribution is -2.13. The maximum Gasteiger partial charge on any atom is 0.125 e. The third kappa shape index (κ3) is 3.75. The summed E-state index contributed by atoms with van der Waals surface area (Å²) in [6, 6.07) is 3.73. The highest BCUT2D eigenvalue weighted by molar-refractivity contribution is 5.95. The Morgan fingerprint density at radius 2 is 1.82 bits per heavy atom. The molecule has 3 N–H and O–H groups in total. The number of amidine groups is 1. The van der Waals surface area contributed by atoms with Crippen molar-refractivity contribution in [1.82, 2.24) is 0 Å². The quantitative estimate of drug-likeness (QED) is 0.451. The van der Waals surface area contributed by atoms with Gasteiger partial charge < -0.3 is 15.2 Å². The first-order valence-corrected chi connectivity index (χ1v) is 5.72. The third-order valence-electron chi connectivity index (χ3n) is 2.45. The van der Waals surface area contributed by atoms with E-state index in [1.165, 1.54) is 0 Å². The summed E-state index contributed by atoms with van der Waals surface area (Å²) < 4.78 is 10.9. The minimum Gasteiger partial charge on any atom is -0.491 e. The summed E-state index contributed by atoms with van der Waals surface area (Å²) in [6.07, 6.45) is 0. The molecule has 0 aliphatic carbocycles. The van der Waals surface area contributed by atoms with Gasteiger partial charge in [-0.2, -0.15) is 0 Å². The van der Waals surface area contributed by atoms with Crippen LogP contribution < -0.4 is 10.5 Å². The summed E-state index contributed by atoms with van der Waals surface area (Å²) in [5, 5.41) is 7.41. The molecule has 0 radical (unpaired) electrons. The zero-order chi connectivity index (χ0) is 12.8. The fraction of sp³-hybridized carbons (Fsp3) is 0.462. The number of nitrogen functional groups attached to an aromatic ring is 1. The molecule has 0 aromatic heterocycles. The van der Waals surface area contributed by atoms with Gasteiger partial charge in [-0.25, -0.2) is 0 Å². The van der Waals surface area contributed by atoms with Gasteiger partial charge in [-0.1, -0.05) is 0 Å². The van der Waals surface area contributed by atoms with E-state index in [2.05, 4.69) is 0 Å². The Morgan fingerprint density at radius 1 is 1.24 bits per heavy atom. The lowest BCUT2D eigenvalue weighted by Gasteiger charge is -2.13. The van der Waals surface area contributed by atoms with Crippen LogP contribution >= 0.6 is 0 Å². The Bertz CT molecular complexity index is 379. The van der Waals surface area contributed by atoms with Crippen molar-refractivity contribution in [2.75, 3.05) is 19.8 Å². The maximum absolute atomic E-state index is 7.41. The Balaban J connectivity index is 2.76. The molecule has 4 heteroatoms. The lowest BCUT2D eigenvalue weighted by molar-refractivity contribution is 0.109. The van der Waals surface area contributed by atoms with Crippen molar-refractivity contribution in [3.63, 3.8) is 0 Å². The average molecular weight is 236 g/mol. The SMILES string of the molecule is CCOCCOc1c(C)cc(C(=N)N)cc1C. The fourth-order valence-electron chi connectivity index (χ4n) is 1.68. The fourth-order valence-corrected chi connectivity index (χ4v) is 1.68. The van der Waals surface area contributed by atoms with Crippen LogP contribution in [0, 0.1) is 19.3 Å². The molecule has 4 nitrogen and oxygen atoms in total. The van der Waals surface area contributed by atoms with E-state index in [1.807, 2.05) is 32.9 Å². The molecule has 1 aromatic rings. The summed E-state index contributed by atoms with van der Waals surface area (Å²) in [5.74, 6) is 0.937. The highest BCUT2D eigenvalue weighted by Gasteiger charge is 2.07. The molecule has 0 heterocycles. The number of nitrogens with two attached hydrogens (primary N) is 1. The second kappa shape index (κ2) is 6.25. The standard InChI is InChI=1S/C13H20N2O2/c1-4-16-5-6-17-12-9(2)7-11(13(14)15)8-10(12)3/h7-8H,4-6H2,1-3H3,(H3,14,15).